The Morgan fingerprint density at radius 2 is 1.09 bits per heavy atom. The van der Waals surface area contributed by atoms with Crippen molar-refractivity contribution in [3.8, 4) is 0 Å². The number of hydrogen-bond acceptors (Lipinski definition) is 15. The second kappa shape index (κ2) is 31.5. The van der Waals surface area contributed by atoms with Crippen molar-refractivity contribution in [3.05, 3.63) is 0 Å². The van der Waals surface area contributed by atoms with Crippen LogP contribution >= 0.6 is 0 Å². The van der Waals surface area contributed by atoms with Gasteiger partial charge in [-0.1, -0.05) is 6.42 Å². The topological polar surface area (TPSA) is 401 Å². The molecule has 1 saturated carbocycles. The van der Waals surface area contributed by atoms with Gasteiger partial charge in [-0.15, -0.1) is 0 Å². The van der Waals surface area contributed by atoms with Crippen LogP contribution < -0.4 is 43.4 Å². The van der Waals surface area contributed by atoms with Gasteiger partial charge in [0.05, 0.1) is 39.1 Å². The zero-order valence-corrected chi connectivity index (χ0v) is 39.6. The van der Waals surface area contributed by atoms with Crippen LogP contribution in [0.2, 0.25) is 0 Å². The number of aliphatic carboxylic acids is 4. The van der Waals surface area contributed by atoms with E-state index < -0.39 is 96.5 Å². The second-order valence-corrected chi connectivity index (χ2v) is 17.2. The molecule has 14 N–H and O–H groups in total. The Hall–Kier alpha value is -5.67. The number of aliphatic imine (C=N–C) groups is 1. The maximum atomic E-state index is 13.9. The van der Waals surface area contributed by atoms with Gasteiger partial charge in [-0.2, -0.15) is 0 Å². The van der Waals surface area contributed by atoms with Gasteiger partial charge in [-0.25, -0.2) is 0 Å². The van der Waals surface area contributed by atoms with E-state index >= 15 is 0 Å². The number of carbonyl (C=O) groups is 10. The van der Waals surface area contributed by atoms with Crippen LogP contribution in [0.1, 0.15) is 64.2 Å². The van der Waals surface area contributed by atoms with Gasteiger partial charge in [0.25, 0.3) is 0 Å². The Balaban J connectivity index is 0.0000163. The molecule has 0 unspecified atom stereocenters. The molecule has 0 spiro atoms. The molecule has 393 valence electrons. The minimum atomic E-state index is -1.47. The Labute approximate surface area is 410 Å². The van der Waals surface area contributed by atoms with E-state index in [-0.39, 0.29) is 146 Å². The number of unbranched alkanes of at least 4 members (excludes halogenated alkanes) is 1. The summed E-state index contributed by atoms with van der Waals surface area (Å²) in [6.45, 7) is 0.421. The van der Waals surface area contributed by atoms with Crippen molar-refractivity contribution >= 4 is 65.3 Å². The van der Waals surface area contributed by atoms with E-state index in [1.165, 1.54) is 0 Å². The molecule has 28 heteroatoms. The van der Waals surface area contributed by atoms with E-state index in [4.69, 9.17) is 11.5 Å². The molecule has 5 atom stereocenters. The Morgan fingerprint density at radius 3 is 1.61 bits per heavy atom. The number of carbonyl (C=O) groups excluding carboxylic acids is 6. The Kier molecular flexibility index (Phi) is 27.1. The van der Waals surface area contributed by atoms with Crippen LogP contribution in [-0.4, -0.2) is 228 Å². The molecule has 0 aromatic rings. The Bertz CT molecular complexity index is 1780. The summed E-state index contributed by atoms with van der Waals surface area (Å²) in [5.74, 6) is -9.36. The first kappa shape index (κ1) is 59.5. The number of guanidine groups is 1. The number of carboxylic acids is 4. The van der Waals surface area contributed by atoms with Gasteiger partial charge in [0.15, 0.2) is 5.96 Å². The third kappa shape index (κ3) is 24.4. The van der Waals surface area contributed by atoms with Gasteiger partial charge < -0.3 is 63.8 Å². The smallest absolute Gasteiger partial charge is 0.317 e. The summed E-state index contributed by atoms with van der Waals surface area (Å²) in [5, 5.41) is 53.7. The van der Waals surface area contributed by atoms with Crippen molar-refractivity contribution in [2.75, 3.05) is 98.2 Å². The first-order valence-electron chi connectivity index (χ1n) is 22.8. The second-order valence-electron chi connectivity index (χ2n) is 17.2. The van der Waals surface area contributed by atoms with E-state index in [9.17, 15) is 68.4 Å². The standard InChI is InChI=1S/C41H69N13O14.Cu/c42-41(43)45-10-4-8-28-38(66)46-21-31(55)48-30(20-33(57)58)40(68)47-27-6-3-5-26(19-27)37(65)49-29(39(67)50-28)7-1-2-9-44-32(56)22-51-11-13-52(23-34(59)60)15-17-54(25-36(63)64)18-16-53(14-12-51)24-35(61)62;/h26-30H,1-25H2,(H,44,56)(H,46,66)(H,47,68)(H,48,55)(H,49,65)(H,50,67)(H,57,58)(H,59,60)(H,61,62)(H,63,64)(H4,42,43,45);/t26-,27+,28+,29+,30+;/m1./s1/i;1+0. The number of hydrogen-bond donors (Lipinski definition) is 12. The molecule has 3 fully saturated rings. The van der Waals surface area contributed by atoms with Crippen molar-refractivity contribution in [3.63, 3.8) is 0 Å². The molecule has 2 bridgehead atoms. The molecule has 0 aromatic carbocycles. The summed E-state index contributed by atoms with van der Waals surface area (Å²) in [6.07, 6.45) is 1.85. The summed E-state index contributed by atoms with van der Waals surface area (Å²) in [5.41, 5.74) is 10.9. The zero-order valence-electron chi connectivity index (χ0n) is 38.6. The van der Waals surface area contributed by atoms with E-state index in [2.05, 4.69) is 36.9 Å². The number of nitrogens with zero attached hydrogens (tertiary/aromatic N) is 5. The first-order valence-corrected chi connectivity index (χ1v) is 22.8. The molecule has 2 saturated heterocycles. The molecule has 6 amide bonds. The molecule has 27 nitrogen and oxygen atoms in total. The van der Waals surface area contributed by atoms with Crippen LogP contribution in [0.15, 0.2) is 4.99 Å². The molecule has 3 aliphatic rings. The summed E-state index contributed by atoms with van der Waals surface area (Å²) < 4.78 is 0. The van der Waals surface area contributed by atoms with E-state index in [0.29, 0.717) is 32.1 Å². The maximum absolute atomic E-state index is 13.9. The molecule has 2 aliphatic heterocycles. The molecule has 1 aliphatic carbocycles. The maximum Gasteiger partial charge on any atom is 0.317 e. The summed E-state index contributed by atoms with van der Waals surface area (Å²) in [6, 6.07) is -4.39. The van der Waals surface area contributed by atoms with Crippen LogP contribution in [0.4, 0.5) is 0 Å². The van der Waals surface area contributed by atoms with Gasteiger partial charge in [0.1, 0.15) is 18.1 Å². The van der Waals surface area contributed by atoms with E-state index in [0.717, 1.165) is 0 Å². The van der Waals surface area contributed by atoms with Crippen molar-refractivity contribution in [1.29, 1.82) is 0 Å². The zero-order chi connectivity index (χ0) is 50.2. The van der Waals surface area contributed by atoms with Crippen LogP contribution in [0.25, 0.3) is 0 Å². The number of fused-ring (bicyclic) bond motifs is 2. The third-order valence-electron chi connectivity index (χ3n) is 11.7. The number of nitrogens with one attached hydrogen (secondary N) is 6. The van der Waals surface area contributed by atoms with Crippen LogP contribution in [0, 0.1) is 5.92 Å². The number of rotatable bonds is 19. The number of amides is 6. The summed E-state index contributed by atoms with van der Waals surface area (Å²) in [7, 11) is 0. The average molecular weight is 1030 g/mol. The first-order chi connectivity index (χ1) is 32.3. The van der Waals surface area contributed by atoms with Crippen molar-refractivity contribution in [2.45, 2.75) is 88.4 Å². The van der Waals surface area contributed by atoms with E-state index in [1.54, 1.807) is 19.6 Å². The minimum absolute atomic E-state index is 0. The van der Waals surface area contributed by atoms with Crippen molar-refractivity contribution in [1.82, 2.24) is 51.5 Å². The van der Waals surface area contributed by atoms with Gasteiger partial charge in [-0.3, -0.25) is 72.5 Å². The van der Waals surface area contributed by atoms with Gasteiger partial charge in [-0.05, 0) is 51.4 Å². The monoisotopic (exact) mass is 1030 g/mol. The number of carboxylic acid groups (broad SMARTS) is 4. The largest absolute Gasteiger partial charge is 0.481 e. The van der Waals surface area contributed by atoms with Crippen LogP contribution in [-0.2, 0) is 65.0 Å². The molecule has 69 heavy (non-hydrogen) atoms. The SMILES string of the molecule is NC(N)=NCCC[C@@H]1NC(=O)[C@H](CCCCNC(=O)CN2CCN(CC(=O)O)CCN(CC(=O)O)CCN(CC(=O)O)CC2)NC(=O)[C@@H]2CCC[C@@H](C2)NC(=O)[C@H](CC(=O)O)NC(=O)CNC1=O.[64Cu]. The fourth-order valence-corrected chi connectivity index (χ4v) is 8.13. The van der Waals surface area contributed by atoms with Gasteiger partial charge in [0, 0.05) is 94.5 Å². The quantitative estimate of drug-likeness (QED) is 0.0249. The predicted octanol–water partition coefficient (Wildman–Crippen LogP) is -5.47. The van der Waals surface area contributed by atoms with Crippen LogP contribution in [0.3, 0.4) is 0 Å². The molecular formula is C41H69CuN13O14. The molecular weight excluding hydrogens is 962 g/mol. The molecule has 0 aromatic heterocycles. The Morgan fingerprint density at radius 1 is 0.594 bits per heavy atom. The van der Waals surface area contributed by atoms with E-state index in [1.807, 2.05) is 0 Å². The fourth-order valence-electron chi connectivity index (χ4n) is 8.13. The number of nitrogens with two attached hydrogens (primary N) is 2. The molecule has 1 radical (unpaired) electrons. The van der Waals surface area contributed by atoms with Crippen molar-refractivity contribution in [2.24, 2.45) is 22.4 Å². The fraction of sp³-hybridized carbons (Fsp3) is 0.732. The van der Waals surface area contributed by atoms with Gasteiger partial charge in [0.2, 0.25) is 35.4 Å². The summed E-state index contributed by atoms with van der Waals surface area (Å²) in [4.78, 5) is 137. The third-order valence-corrected chi connectivity index (χ3v) is 11.7. The molecule has 2 heterocycles. The van der Waals surface area contributed by atoms with Crippen molar-refractivity contribution < 1.29 is 85.4 Å². The molecule has 3 rings (SSSR count). The van der Waals surface area contributed by atoms with Crippen LogP contribution in [0.5, 0.6) is 0 Å². The van der Waals surface area contributed by atoms with Gasteiger partial charge >= 0.3 is 23.9 Å². The predicted molar refractivity (Wildman–Crippen MR) is 240 cm³/mol. The summed E-state index contributed by atoms with van der Waals surface area (Å²) >= 11 is 0. The average Bonchev–Trinajstić information content (AvgIpc) is 3.25. The normalized spacial score (nSPS) is 23.6. The minimum Gasteiger partial charge on any atom is -0.481 e.